The van der Waals surface area contributed by atoms with E-state index < -0.39 is 0 Å². The van der Waals surface area contributed by atoms with Gasteiger partial charge in [-0.2, -0.15) is 0 Å². The summed E-state index contributed by atoms with van der Waals surface area (Å²) in [6.07, 6.45) is 0. The number of carbonyl (C=O) groups excluding carboxylic acids is 1. The zero-order valence-corrected chi connectivity index (χ0v) is 13.7. The van der Waals surface area contributed by atoms with Gasteiger partial charge in [0.15, 0.2) is 0 Å². The van der Waals surface area contributed by atoms with Gasteiger partial charge in [-0.05, 0) is 50.5 Å². The first kappa shape index (κ1) is 16.1. The van der Waals surface area contributed by atoms with Crippen molar-refractivity contribution in [3.05, 3.63) is 64.2 Å². The molecule has 0 aliphatic heterocycles. The van der Waals surface area contributed by atoms with E-state index >= 15 is 0 Å². The lowest BCUT2D eigenvalue weighted by Gasteiger charge is -2.14. The summed E-state index contributed by atoms with van der Waals surface area (Å²) in [6, 6.07) is 11.8. The van der Waals surface area contributed by atoms with Crippen LogP contribution in [0.1, 0.15) is 32.6 Å². The van der Waals surface area contributed by atoms with Gasteiger partial charge in [-0.25, -0.2) is 0 Å². The average Bonchev–Trinajstić information content (AvgIpc) is 2.45. The van der Waals surface area contributed by atoms with Gasteiger partial charge in [-0.3, -0.25) is 4.79 Å². The molecule has 1 amide bonds. The van der Waals surface area contributed by atoms with E-state index in [9.17, 15) is 4.79 Å². The average molecular weight is 297 g/mol. The number of hydrogen-bond donors (Lipinski definition) is 1. The Kier molecular flexibility index (Phi) is 5.21. The van der Waals surface area contributed by atoms with Gasteiger partial charge in [0.25, 0.3) is 5.91 Å². The van der Waals surface area contributed by atoms with Crippen molar-refractivity contribution in [1.29, 1.82) is 0 Å². The molecule has 3 heteroatoms. The minimum atomic E-state index is -0.0564. The van der Waals surface area contributed by atoms with E-state index in [4.69, 9.17) is 4.74 Å². The molecule has 0 aromatic heterocycles. The minimum Gasteiger partial charge on any atom is -0.491 e. The van der Waals surface area contributed by atoms with Crippen LogP contribution in [0.5, 0.6) is 5.75 Å². The molecule has 2 rings (SSSR count). The fraction of sp³-hybridized carbons (Fsp3) is 0.316. The molecular weight excluding hydrogens is 274 g/mol. The van der Waals surface area contributed by atoms with E-state index in [0.29, 0.717) is 18.7 Å². The number of amides is 1. The fourth-order valence-corrected chi connectivity index (χ4v) is 2.63. The number of aryl methyl sites for hydroxylation is 4. The van der Waals surface area contributed by atoms with Crippen molar-refractivity contribution in [2.45, 2.75) is 27.7 Å². The summed E-state index contributed by atoms with van der Waals surface area (Å²) in [4.78, 5) is 12.1. The van der Waals surface area contributed by atoms with E-state index in [-0.39, 0.29) is 5.91 Å². The third-order valence-corrected chi connectivity index (χ3v) is 3.63. The van der Waals surface area contributed by atoms with Crippen LogP contribution < -0.4 is 10.1 Å². The number of ether oxygens (including phenoxy) is 1. The summed E-state index contributed by atoms with van der Waals surface area (Å²) in [5, 5.41) is 2.90. The lowest BCUT2D eigenvalue weighted by Crippen LogP contribution is -2.28. The maximum atomic E-state index is 12.1. The number of nitrogens with one attached hydrogen (secondary N) is 1. The van der Waals surface area contributed by atoms with Crippen molar-refractivity contribution in [3.63, 3.8) is 0 Å². The Morgan fingerprint density at radius 2 is 1.64 bits per heavy atom. The lowest BCUT2D eigenvalue weighted by atomic mass is 10.1. The monoisotopic (exact) mass is 297 g/mol. The second kappa shape index (κ2) is 7.12. The molecule has 2 aromatic carbocycles. The van der Waals surface area contributed by atoms with Crippen LogP contribution in [0, 0.1) is 27.7 Å². The van der Waals surface area contributed by atoms with Crippen LogP contribution >= 0.6 is 0 Å². The van der Waals surface area contributed by atoms with Gasteiger partial charge in [-0.15, -0.1) is 0 Å². The highest BCUT2D eigenvalue weighted by Crippen LogP contribution is 2.24. The first-order chi connectivity index (χ1) is 10.5. The Hall–Kier alpha value is -2.29. The number of benzene rings is 2. The van der Waals surface area contributed by atoms with Crippen LogP contribution in [-0.4, -0.2) is 19.1 Å². The van der Waals surface area contributed by atoms with Crippen molar-refractivity contribution in [2.75, 3.05) is 13.2 Å². The predicted molar refractivity (Wildman–Crippen MR) is 89.7 cm³/mol. The first-order valence-electron chi connectivity index (χ1n) is 7.53. The fourth-order valence-electron chi connectivity index (χ4n) is 2.63. The van der Waals surface area contributed by atoms with Crippen LogP contribution in [0.3, 0.4) is 0 Å². The standard InChI is InChI=1S/C19H23NO2/c1-13-11-15(3)18(16(4)12-13)22-10-9-20-19(21)17-8-6-5-7-14(17)2/h5-8,11-12H,9-10H2,1-4H3,(H,20,21). The third-order valence-electron chi connectivity index (χ3n) is 3.63. The highest BCUT2D eigenvalue weighted by molar-refractivity contribution is 5.95. The SMILES string of the molecule is Cc1cc(C)c(OCCNC(=O)c2ccccc2C)c(C)c1. The van der Waals surface area contributed by atoms with Gasteiger partial charge in [0.05, 0.1) is 6.54 Å². The van der Waals surface area contributed by atoms with E-state index in [1.807, 2.05) is 45.0 Å². The Labute approximate surface area is 132 Å². The van der Waals surface area contributed by atoms with E-state index in [0.717, 1.165) is 22.4 Å². The highest BCUT2D eigenvalue weighted by atomic mass is 16.5. The molecule has 2 aromatic rings. The number of hydrogen-bond acceptors (Lipinski definition) is 2. The van der Waals surface area contributed by atoms with Gasteiger partial charge >= 0.3 is 0 Å². The molecule has 1 N–H and O–H groups in total. The quantitative estimate of drug-likeness (QED) is 0.854. The van der Waals surface area contributed by atoms with E-state index in [2.05, 4.69) is 24.4 Å². The topological polar surface area (TPSA) is 38.3 Å². The van der Waals surface area contributed by atoms with Crippen LogP contribution in [-0.2, 0) is 0 Å². The van der Waals surface area contributed by atoms with Gasteiger partial charge in [-0.1, -0.05) is 35.9 Å². The van der Waals surface area contributed by atoms with Gasteiger partial charge < -0.3 is 10.1 Å². The molecule has 0 saturated carbocycles. The van der Waals surface area contributed by atoms with Gasteiger partial charge in [0.1, 0.15) is 12.4 Å². The molecular formula is C19H23NO2. The van der Waals surface area contributed by atoms with Gasteiger partial charge in [0, 0.05) is 5.56 Å². The molecule has 0 heterocycles. The van der Waals surface area contributed by atoms with E-state index in [1.165, 1.54) is 5.56 Å². The summed E-state index contributed by atoms with van der Waals surface area (Å²) in [5.74, 6) is 0.856. The molecule has 0 unspecified atom stereocenters. The van der Waals surface area contributed by atoms with Crippen molar-refractivity contribution in [2.24, 2.45) is 0 Å². The van der Waals surface area contributed by atoms with E-state index in [1.54, 1.807) is 0 Å². The molecule has 0 aliphatic rings. The maximum Gasteiger partial charge on any atom is 0.251 e. The molecule has 0 bridgehead atoms. The molecule has 0 saturated heterocycles. The Morgan fingerprint density at radius 1 is 1.00 bits per heavy atom. The molecule has 22 heavy (non-hydrogen) atoms. The molecule has 0 atom stereocenters. The molecule has 116 valence electrons. The molecule has 3 nitrogen and oxygen atoms in total. The van der Waals surface area contributed by atoms with Crippen LogP contribution in [0.2, 0.25) is 0 Å². The lowest BCUT2D eigenvalue weighted by molar-refractivity contribution is 0.0946. The Balaban J connectivity index is 1.88. The van der Waals surface area contributed by atoms with Gasteiger partial charge in [0.2, 0.25) is 0 Å². The van der Waals surface area contributed by atoms with Crippen LogP contribution in [0.25, 0.3) is 0 Å². The van der Waals surface area contributed by atoms with Crippen molar-refractivity contribution in [1.82, 2.24) is 5.32 Å². The number of rotatable bonds is 5. The summed E-state index contributed by atoms with van der Waals surface area (Å²) in [7, 11) is 0. The second-order valence-corrected chi connectivity index (χ2v) is 5.65. The first-order valence-corrected chi connectivity index (χ1v) is 7.53. The predicted octanol–water partition coefficient (Wildman–Crippen LogP) is 3.73. The number of carbonyl (C=O) groups is 1. The summed E-state index contributed by atoms with van der Waals surface area (Å²) < 4.78 is 5.82. The van der Waals surface area contributed by atoms with Crippen LogP contribution in [0.15, 0.2) is 36.4 Å². The maximum absolute atomic E-state index is 12.1. The smallest absolute Gasteiger partial charge is 0.251 e. The molecule has 0 radical (unpaired) electrons. The zero-order valence-electron chi connectivity index (χ0n) is 13.7. The third kappa shape index (κ3) is 3.88. The van der Waals surface area contributed by atoms with Crippen molar-refractivity contribution >= 4 is 5.91 Å². The Morgan fingerprint density at radius 3 is 2.27 bits per heavy atom. The summed E-state index contributed by atoms with van der Waals surface area (Å²) in [6.45, 7) is 9.04. The minimum absolute atomic E-state index is 0.0564. The molecule has 0 fully saturated rings. The second-order valence-electron chi connectivity index (χ2n) is 5.65. The zero-order chi connectivity index (χ0) is 16.1. The summed E-state index contributed by atoms with van der Waals surface area (Å²) >= 11 is 0. The summed E-state index contributed by atoms with van der Waals surface area (Å²) in [5.41, 5.74) is 5.18. The molecule has 0 aliphatic carbocycles. The largest absolute Gasteiger partial charge is 0.491 e. The molecule has 0 spiro atoms. The highest BCUT2D eigenvalue weighted by Gasteiger charge is 2.08. The normalized spacial score (nSPS) is 10.4. The van der Waals surface area contributed by atoms with Crippen LogP contribution in [0.4, 0.5) is 0 Å². The van der Waals surface area contributed by atoms with Crippen molar-refractivity contribution < 1.29 is 9.53 Å². The Bertz CT molecular complexity index is 654. The van der Waals surface area contributed by atoms with Crippen molar-refractivity contribution in [3.8, 4) is 5.75 Å².